The van der Waals surface area contributed by atoms with Crippen molar-refractivity contribution in [3.8, 4) is 0 Å². The van der Waals surface area contributed by atoms with Gasteiger partial charge in [0.05, 0.1) is 11.8 Å². The summed E-state index contributed by atoms with van der Waals surface area (Å²) in [5.41, 5.74) is 1.64. The van der Waals surface area contributed by atoms with Gasteiger partial charge in [-0.05, 0) is 36.5 Å². The average molecular weight is 550 g/mol. The number of amides is 4. The Bertz CT molecular complexity index is 1190. The van der Waals surface area contributed by atoms with Crippen LogP contribution >= 0.6 is 11.6 Å². The quantitative estimate of drug-likeness (QED) is 0.239. The Balaban J connectivity index is 1.58. The second-order valence-corrected chi connectivity index (χ2v) is 10.6. The molecule has 3 atom stereocenters. The summed E-state index contributed by atoms with van der Waals surface area (Å²) in [6, 6.07) is 16.0. The van der Waals surface area contributed by atoms with Gasteiger partial charge in [-0.1, -0.05) is 85.6 Å². The third-order valence-electron chi connectivity index (χ3n) is 7.55. The van der Waals surface area contributed by atoms with E-state index in [1.54, 1.807) is 11.0 Å². The molecule has 1 fully saturated rings. The lowest BCUT2D eigenvalue weighted by molar-refractivity contribution is -0.144. The first-order valence-electron chi connectivity index (χ1n) is 13.8. The summed E-state index contributed by atoms with van der Waals surface area (Å²) in [7, 11) is 0. The van der Waals surface area contributed by atoms with Crippen LogP contribution in [0.4, 0.5) is 0 Å². The number of nitrogens with zero attached hydrogens (tertiary/aromatic N) is 2. The fourth-order valence-corrected chi connectivity index (χ4v) is 5.51. The fourth-order valence-electron chi connectivity index (χ4n) is 5.31. The van der Waals surface area contributed by atoms with Crippen LogP contribution < -0.4 is 5.32 Å². The molecule has 0 radical (unpaired) electrons. The van der Waals surface area contributed by atoms with Crippen LogP contribution in [0.25, 0.3) is 0 Å². The molecular formula is C31H36ClN3O4. The van der Waals surface area contributed by atoms with Gasteiger partial charge in [0.25, 0.3) is 0 Å². The predicted octanol–water partition coefficient (Wildman–Crippen LogP) is 4.54. The fraction of sp³-hybridized carbons (Fsp3) is 0.419. The van der Waals surface area contributed by atoms with E-state index >= 15 is 0 Å². The average Bonchev–Trinajstić information content (AvgIpc) is 3.20. The minimum Gasteiger partial charge on any atom is -0.354 e. The minimum atomic E-state index is -0.787. The second kappa shape index (κ2) is 13.6. The van der Waals surface area contributed by atoms with E-state index in [4.69, 9.17) is 11.6 Å². The number of hydrogen-bond acceptors (Lipinski definition) is 4. The molecule has 4 rings (SSSR count). The molecule has 7 nitrogen and oxygen atoms in total. The molecule has 4 amide bonds. The number of rotatable bonds is 12. The molecule has 2 aromatic rings. The summed E-state index contributed by atoms with van der Waals surface area (Å²) < 4.78 is 0. The van der Waals surface area contributed by atoms with Crippen LogP contribution in [0.5, 0.6) is 0 Å². The van der Waals surface area contributed by atoms with Crippen molar-refractivity contribution >= 4 is 35.2 Å². The highest BCUT2D eigenvalue weighted by Crippen LogP contribution is 2.35. The molecule has 2 aliphatic rings. The molecule has 1 unspecified atom stereocenters. The van der Waals surface area contributed by atoms with E-state index in [-0.39, 0.29) is 55.0 Å². The van der Waals surface area contributed by atoms with Gasteiger partial charge in [-0.15, -0.1) is 0 Å². The molecule has 8 heteroatoms. The number of imide groups is 1. The number of likely N-dealkylation sites (tertiary alicyclic amines) is 1. The zero-order valence-corrected chi connectivity index (χ0v) is 23.1. The summed E-state index contributed by atoms with van der Waals surface area (Å²) in [4.78, 5) is 56.1. The lowest BCUT2D eigenvalue weighted by Gasteiger charge is -2.32. The molecule has 39 heavy (non-hydrogen) atoms. The van der Waals surface area contributed by atoms with Crippen LogP contribution in [0.2, 0.25) is 5.02 Å². The smallest absolute Gasteiger partial charge is 0.243 e. The Hall–Kier alpha value is -3.45. The number of benzene rings is 2. The van der Waals surface area contributed by atoms with Crippen molar-refractivity contribution in [2.45, 2.75) is 58.0 Å². The standard InChI is InChI=1S/C31H36ClN3O4/c1-2-3-18-33-29(37)27(20-22-11-5-4-6-12-22)35(21-23-13-7-10-16-26(23)32)28(36)17-19-34-30(38)24-14-8-9-15-25(24)31(34)39/h4-13,16,24-25,27H,2-3,14-15,17-21H2,1H3,(H,33,37)/t24-,25+,27?. The van der Waals surface area contributed by atoms with E-state index in [0.29, 0.717) is 30.8 Å². The van der Waals surface area contributed by atoms with Crippen molar-refractivity contribution < 1.29 is 19.2 Å². The van der Waals surface area contributed by atoms with Crippen LogP contribution in [-0.2, 0) is 32.1 Å². The molecule has 1 aliphatic heterocycles. The van der Waals surface area contributed by atoms with Crippen molar-refractivity contribution in [2.24, 2.45) is 11.8 Å². The van der Waals surface area contributed by atoms with Gasteiger partial charge in [-0.2, -0.15) is 0 Å². The van der Waals surface area contributed by atoms with Crippen LogP contribution in [0, 0.1) is 11.8 Å². The first-order chi connectivity index (χ1) is 18.9. The van der Waals surface area contributed by atoms with E-state index in [9.17, 15) is 19.2 Å². The summed E-state index contributed by atoms with van der Waals surface area (Å²) in [5, 5.41) is 3.49. The molecule has 1 saturated heterocycles. The Kier molecular flexibility index (Phi) is 9.93. The highest BCUT2D eigenvalue weighted by Gasteiger charge is 2.47. The third kappa shape index (κ3) is 6.95. The first-order valence-corrected chi connectivity index (χ1v) is 14.1. The minimum absolute atomic E-state index is 0.00195. The zero-order valence-electron chi connectivity index (χ0n) is 22.4. The molecule has 0 bridgehead atoms. The number of nitrogens with one attached hydrogen (secondary N) is 1. The van der Waals surface area contributed by atoms with E-state index in [1.165, 1.54) is 4.90 Å². The Morgan fingerprint density at radius 2 is 1.64 bits per heavy atom. The molecule has 2 aromatic carbocycles. The molecule has 1 N–H and O–H groups in total. The van der Waals surface area contributed by atoms with Gasteiger partial charge in [0, 0.05) is 37.5 Å². The first kappa shape index (κ1) is 28.6. The van der Waals surface area contributed by atoms with E-state index in [0.717, 1.165) is 24.0 Å². The summed E-state index contributed by atoms with van der Waals surface area (Å²) >= 11 is 6.47. The van der Waals surface area contributed by atoms with Crippen LogP contribution in [-0.4, -0.2) is 52.6 Å². The Morgan fingerprint density at radius 3 is 2.28 bits per heavy atom. The number of halogens is 1. The number of carbonyl (C=O) groups excluding carboxylic acids is 4. The number of fused-ring (bicyclic) bond motifs is 1. The molecule has 1 heterocycles. The van der Waals surface area contributed by atoms with Gasteiger partial charge in [-0.3, -0.25) is 24.1 Å². The number of allylic oxidation sites excluding steroid dienone is 2. The SMILES string of the molecule is CCCCNC(=O)C(Cc1ccccc1)N(Cc1ccccc1Cl)C(=O)CCN1C(=O)[C@H]2CC=CC[C@H]2C1=O. The predicted molar refractivity (Wildman–Crippen MR) is 151 cm³/mol. The Labute approximate surface area is 235 Å². The number of carbonyl (C=O) groups is 4. The number of hydrogen-bond donors (Lipinski definition) is 1. The van der Waals surface area contributed by atoms with Crippen LogP contribution in [0.1, 0.15) is 50.2 Å². The van der Waals surface area contributed by atoms with Crippen molar-refractivity contribution in [3.05, 3.63) is 82.9 Å². The monoisotopic (exact) mass is 549 g/mol. The normalized spacial score (nSPS) is 19.1. The number of unbranched alkanes of at least 4 members (excludes halogenated alkanes) is 1. The van der Waals surface area contributed by atoms with Crippen LogP contribution in [0.3, 0.4) is 0 Å². The third-order valence-corrected chi connectivity index (χ3v) is 7.92. The lowest BCUT2D eigenvalue weighted by Crippen LogP contribution is -2.51. The van der Waals surface area contributed by atoms with Crippen molar-refractivity contribution in [1.82, 2.24) is 15.1 Å². The van der Waals surface area contributed by atoms with Gasteiger partial charge in [-0.25, -0.2) is 0 Å². The second-order valence-electron chi connectivity index (χ2n) is 10.2. The maximum Gasteiger partial charge on any atom is 0.243 e. The van der Waals surface area contributed by atoms with Crippen molar-refractivity contribution in [1.29, 1.82) is 0 Å². The molecule has 0 aromatic heterocycles. The largest absolute Gasteiger partial charge is 0.354 e. The van der Waals surface area contributed by atoms with Crippen molar-refractivity contribution in [2.75, 3.05) is 13.1 Å². The lowest BCUT2D eigenvalue weighted by atomic mass is 9.85. The highest BCUT2D eigenvalue weighted by atomic mass is 35.5. The maximum absolute atomic E-state index is 13.9. The molecular weight excluding hydrogens is 514 g/mol. The molecule has 1 aliphatic carbocycles. The summed E-state index contributed by atoms with van der Waals surface area (Å²) in [6.07, 6.45) is 7.01. The van der Waals surface area contributed by atoms with Crippen LogP contribution in [0.15, 0.2) is 66.7 Å². The summed E-state index contributed by atoms with van der Waals surface area (Å²) in [6.45, 7) is 2.70. The van der Waals surface area contributed by atoms with E-state index in [1.807, 2.05) is 67.6 Å². The highest BCUT2D eigenvalue weighted by molar-refractivity contribution is 6.31. The van der Waals surface area contributed by atoms with E-state index in [2.05, 4.69) is 5.32 Å². The van der Waals surface area contributed by atoms with Crippen molar-refractivity contribution in [3.63, 3.8) is 0 Å². The molecule has 0 spiro atoms. The maximum atomic E-state index is 13.9. The molecule has 206 valence electrons. The summed E-state index contributed by atoms with van der Waals surface area (Å²) in [5.74, 6) is -1.65. The van der Waals surface area contributed by atoms with Gasteiger partial charge < -0.3 is 10.2 Å². The Morgan fingerprint density at radius 1 is 1.00 bits per heavy atom. The van der Waals surface area contributed by atoms with Gasteiger partial charge in [0.1, 0.15) is 6.04 Å². The topological polar surface area (TPSA) is 86.8 Å². The van der Waals surface area contributed by atoms with Gasteiger partial charge >= 0.3 is 0 Å². The van der Waals surface area contributed by atoms with Gasteiger partial charge in [0.15, 0.2) is 0 Å². The molecule has 0 saturated carbocycles. The van der Waals surface area contributed by atoms with E-state index < -0.39 is 6.04 Å². The zero-order chi connectivity index (χ0) is 27.8. The van der Waals surface area contributed by atoms with Gasteiger partial charge in [0.2, 0.25) is 23.6 Å².